The highest BCUT2D eigenvalue weighted by Crippen LogP contribution is 2.40. The first-order chi connectivity index (χ1) is 16.9. The number of thioether (sulfide) groups is 1. The molecule has 2 heterocycles. The highest BCUT2D eigenvalue weighted by atomic mass is 32.2. The van der Waals surface area contributed by atoms with E-state index in [0.29, 0.717) is 29.0 Å². The van der Waals surface area contributed by atoms with Crippen molar-refractivity contribution in [2.24, 2.45) is 7.05 Å². The number of rotatable bonds is 8. The predicted octanol–water partition coefficient (Wildman–Crippen LogP) is 4.12. The van der Waals surface area contributed by atoms with Crippen LogP contribution in [-0.4, -0.2) is 35.3 Å². The minimum atomic E-state index is -0.468. The molecule has 9 heteroatoms. The second-order valence-electron chi connectivity index (χ2n) is 8.87. The van der Waals surface area contributed by atoms with Gasteiger partial charge in [0.1, 0.15) is 11.5 Å². The third kappa shape index (κ3) is 4.68. The summed E-state index contributed by atoms with van der Waals surface area (Å²) in [6, 6.07) is 19.6. The molecular formula is C26H28N6O2S. The lowest BCUT2D eigenvalue weighted by molar-refractivity contribution is -0.115. The van der Waals surface area contributed by atoms with E-state index in [1.165, 1.54) is 11.8 Å². The highest BCUT2D eigenvalue weighted by molar-refractivity contribution is 8.00. The smallest absolute Gasteiger partial charge is 0.295 e. The van der Waals surface area contributed by atoms with Crippen LogP contribution in [0, 0.1) is 6.92 Å². The molecule has 1 saturated carbocycles. The monoisotopic (exact) mass is 488 g/mol. The zero-order chi connectivity index (χ0) is 24.5. The van der Waals surface area contributed by atoms with Crippen LogP contribution in [0.25, 0.3) is 5.69 Å². The van der Waals surface area contributed by atoms with E-state index >= 15 is 0 Å². The van der Waals surface area contributed by atoms with Crippen molar-refractivity contribution < 1.29 is 4.79 Å². The molecule has 4 aromatic rings. The van der Waals surface area contributed by atoms with Crippen molar-refractivity contribution in [2.75, 3.05) is 5.32 Å². The summed E-state index contributed by atoms with van der Waals surface area (Å²) in [7, 11) is 1.81. The summed E-state index contributed by atoms with van der Waals surface area (Å²) in [4.78, 5) is 26.3. The fourth-order valence-electron chi connectivity index (χ4n) is 4.09. The number of hydrogen-bond acceptors (Lipinski definition) is 5. The molecule has 1 atom stereocenters. The van der Waals surface area contributed by atoms with E-state index in [0.717, 1.165) is 29.9 Å². The van der Waals surface area contributed by atoms with Crippen molar-refractivity contribution in [2.45, 2.75) is 49.6 Å². The molecule has 2 aromatic carbocycles. The molecule has 5 rings (SSSR count). The molecule has 0 bridgehead atoms. The van der Waals surface area contributed by atoms with E-state index < -0.39 is 5.25 Å². The maximum atomic E-state index is 13.2. The van der Waals surface area contributed by atoms with Crippen LogP contribution in [0.4, 0.5) is 5.69 Å². The maximum absolute atomic E-state index is 13.2. The summed E-state index contributed by atoms with van der Waals surface area (Å²) < 4.78 is 5.43. The summed E-state index contributed by atoms with van der Waals surface area (Å²) in [5.74, 6) is 1.17. The van der Waals surface area contributed by atoms with Crippen molar-refractivity contribution in [3.8, 4) is 5.69 Å². The number of hydrogen-bond donors (Lipinski definition) is 1. The Balaban J connectivity index is 1.36. The van der Waals surface area contributed by atoms with Crippen molar-refractivity contribution in [1.29, 1.82) is 0 Å². The molecule has 1 aliphatic rings. The normalized spacial score (nSPS) is 14.1. The average molecular weight is 489 g/mol. The van der Waals surface area contributed by atoms with Crippen LogP contribution in [0.1, 0.15) is 42.8 Å². The summed E-state index contributed by atoms with van der Waals surface area (Å²) >= 11 is 1.36. The number of nitrogens with zero attached hydrogens (tertiary/aromatic N) is 5. The van der Waals surface area contributed by atoms with Gasteiger partial charge in [-0.05, 0) is 44.4 Å². The lowest BCUT2D eigenvalue weighted by atomic mass is 10.2. The van der Waals surface area contributed by atoms with Gasteiger partial charge in [-0.15, -0.1) is 10.2 Å². The van der Waals surface area contributed by atoms with Gasteiger partial charge in [0.05, 0.1) is 23.2 Å². The summed E-state index contributed by atoms with van der Waals surface area (Å²) in [5.41, 5.74) is 2.62. The Labute approximate surface area is 208 Å². The lowest BCUT2D eigenvalue weighted by Gasteiger charge is -2.13. The maximum Gasteiger partial charge on any atom is 0.295 e. The van der Waals surface area contributed by atoms with E-state index in [2.05, 4.69) is 32.2 Å². The Morgan fingerprint density at radius 3 is 2.40 bits per heavy atom. The second kappa shape index (κ2) is 9.58. The molecule has 180 valence electrons. The van der Waals surface area contributed by atoms with Gasteiger partial charge in [-0.3, -0.25) is 14.3 Å². The quantitative estimate of drug-likeness (QED) is 0.377. The average Bonchev–Trinajstić information content (AvgIpc) is 3.61. The first-order valence-electron chi connectivity index (χ1n) is 11.7. The third-order valence-electron chi connectivity index (χ3n) is 6.33. The number of nitrogens with one attached hydrogen (secondary N) is 1. The van der Waals surface area contributed by atoms with Crippen LogP contribution in [0.15, 0.2) is 70.6 Å². The van der Waals surface area contributed by atoms with E-state index in [-0.39, 0.29) is 11.5 Å². The first kappa shape index (κ1) is 23.2. The van der Waals surface area contributed by atoms with E-state index in [4.69, 9.17) is 0 Å². The van der Waals surface area contributed by atoms with Gasteiger partial charge in [0.15, 0.2) is 5.16 Å². The number of benzene rings is 2. The number of anilines is 1. The number of amides is 1. The molecule has 2 aromatic heterocycles. The van der Waals surface area contributed by atoms with Crippen LogP contribution in [0.3, 0.4) is 0 Å². The molecule has 0 aliphatic heterocycles. The molecule has 8 nitrogen and oxygen atoms in total. The highest BCUT2D eigenvalue weighted by Gasteiger charge is 2.31. The van der Waals surface area contributed by atoms with Crippen molar-refractivity contribution in [3.63, 3.8) is 0 Å². The standard InChI is InChI=1S/C26H28N6O2S/c1-17-22(25(34)32(30(17)3)21-12-8-5-9-13-21)27-24(33)18(2)35-26-29-28-23(20-14-15-20)31(26)16-19-10-6-4-7-11-19/h4-13,18,20H,14-16H2,1-3H3,(H,27,33)/t18-/m0/s1. The van der Waals surface area contributed by atoms with Crippen LogP contribution in [0.2, 0.25) is 0 Å². The van der Waals surface area contributed by atoms with Crippen molar-refractivity contribution >= 4 is 23.4 Å². The van der Waals surface area contributed by atoms with Crippen LogP contribution in [-0.2, 0) is 18.4 Å². The Kier molecular flexibility index (Phi) is 6.34. The van der Waals surface area contributed by atoms with Gasteiger partial charge >= 0.3 is 0 Å². The van der Waals surface area contributed by atoms with Crippen LogP contribution >= 0.6 is 11.8 Å². The zero-order valence-corrected chi connectivity index (χ0v) is 20.8. The topological polar surface area (TPSA) is 86.7 Å². The molecule has 0 spiro atoms. The van der Waals surface area contributed by atoms with Crippen LogP contribution < -0.4 is 10.9 Å². The summed E-state index contributed by atoms with van der Waals surface area (Å²) in [5, 5.41) is 12.0. The molecule has 35 heavy (non-hydrogen) atoms. The van der Waals surface area contributed by atoms with Gasteiger partial charge in [-0.1, -0.05) is 60.3 Å². The third-order valence-corrected chi connectivity index (χ3v) is 7.41. The molecule has 1 fully saturated rings. The Bertz CT molecular complexity index is 1400. The fraction of sp³-hybridized carbons (Fsp3) is 0.308. The predicted molar refractivity (Wildman–Crippen MR) is 137 cm³/mol. The molecule has 1 aliphatic carbocycles. The minimum absolute atomic E-state index is 0.247. The van der Waals surface area contributed by atoms with Crippen molar-refractivity contribution in [1.82, 2.24) is 24.1 Å². The van der Waals surface area contributed by atoms with Gasteiger partial charge in [0, 0.05) is 13.0 Å². The van der Waals surface area contributed by atoms with Gasteiger partial charge in [-0.2, -0.15) is 0 Å². The number of para-hydroxylation sites is 1. The molecule has 1 N–H and O–H groups in total. The SMILES string of the molecule is Cc1c(NC(=O)[C@H](C)Sc2nnc(C3CC3)n2Cc2ccccc2)c(=O)n(-c2ccccc2)n1C. The number of carbonyl (C=O) groups excluding carboxylic acids is 1. The Morgan fingerprint density at radius 2 is 1.74 bits per heavy atom. The largest absolute Gasteiger partial charge is 0.319 e. The zero-order valence-electron chi connectivity index (χ0n) is 20.0. The van der Waals surface area contributed by atoms with Gasteiger partial charge < -0.3 is 9.88 Å². The van der Waals surface area contributed by atoms with E-state index in [9.17, 15) is 9.59 Å². The van der Waals surface area contributed by atoms with E-state index in [1.807, 2.05) is 69.4 Å². The Morgan fingerprint density at radius 1 is 1.09 bits per heavy atom. The molecule has 0 unspecified atom stereocenters. The van der Waals surface area contributed by atoms with Gasteiger partial charge in [0.2, 0.25) is 5.91 Å². The number of aromatic nitrogens is 5. The number of carbonyl (C=O) groups is 1. The fourth-order valence-corrected chi connectivity index (χ4v) is 4.95. The second-order valence-corrected chi connectivity index (χ2v) is 10.2. The molecule has 0 radical (unpaired) electrons. The van der Waals surface area contributed by atoms with Crippen molar-refractivity contribution in [3.05, 3.63) is 88.1 Å². The summed E-state index contributed by atoms with van der Waals surface area (Å²) in [6.45, 7) is 4.31. The Hall–Kier alpha value is -3.59. The minimum Gasteiger partial charge on any atom is -0.319 e. The molecular weight excluding hydrogens is 460 g/mol. The summed E-state index contributed by atoms with van der Waals surface area (Å²) in [6.07, 6.45) is 2.24. The lowest BCUT2D eigenvalue weighted by Crippen LogP contribution is -2.27. The first-order valence-corrected chi connectivity index (χ1v) is 12.6. The van der Waals surface area contributed by atoms with Crippen LogP contribution in [0.5, 0.6) is 0 Å². The van der Waals surface area contributed by atoms with Gasteiger partial charge in [0.25, 0.3) is 5.56 Å². The van der Waals surface area contributed by atoms with Gasteiger partial charge in [-0.25, -0.2) is 4.68 Å². The van der Waals surface area contributed by atoms with E-state index in [1.54, 1.807) is 9.36 Å². The molecule has 1 amide bonds. The molecule has 0 saturated heterocycles.